The summed E-state index contributed by atoms with van der Waals surface area (Å²) in [4.78, 5) is 0. The van der Waals surface area contributed by atoms with Crippen LogP contribution >= 0.6 is 0 Å². The minimum Gasteiger partial charge on any atom is -0.394 e. The lowest BCUT2D eigenvalue weighted by molar-refractivity contribution is 0.254. The van der Waals surface area contributed by atoms with Crippen LogP contribution in [0.4, 0.5) is 0 Å². The van der Waals surface area contributed by atoms with Crippen molar-refractivity contribution in [2.75, 3.05) is 6.61 Å². The molecule has 0 fully saturated rings. The number of aliphatic hydroxyl groups is 1. The molecule has 2 nitrogen and oxygen atoms in total. The lowest BCUT2D eigenvalue weighted by atomic mass is 10.0. The largest absolute Gasteiger partial charge is 0.394 e. The van der Waals surface area contributed by atoms with Crippen LogP contribution in [0.3, 0.4) is 0 Å². The van der Waals surface area contributed by atoms with Crippen LogP contribution in [0.2, 0.25) is 0 Å². The van der Waals surface area contributed by atoms with Crippen molar-refractivity contribution in [3.05, 3.63) is 90.5 Å². The van der Waals surface area contributed by atoms with Gasteiger partial charge >= 0.3 is 0 Å². The van der Waals surface area contributed by atoms with Gasteiger partial charge in [0.25, 0.3) is 0 Å². The van der Waals surface area contributed by atoms with Crippen LogP contribution in [0, 0.1) is 0 Å². The Bertz CT molecular complexity index is 577. The second-order valence-corrected chi connectivity index (χ2v) is 5.21. The van der Waals surface area contributed by atoms with Gasteiger partial charge in [0, 0.05) is 12.1 Å². The normalized spacial score (nSPS) is 13.9. The van der Waals surface area contributed by atoms with E-state index in [4.69, 9.17) is 0 Å². The second kappa shape index (κ2) is 8.98. The van der Waals surface area contributed by atoms with Crippen LogP contribution in [0.25, 0.3) is 6.08 Å². The van der Waals surface area contributed by atoms with Gasteiger partial charge in [-0.15, -0.1) is 6.58 Å². The van der Waals surface area contributed by atoms with E-state index >= 15 is 0 Å². The molecule has 0 saturated carbocycles. The topological polar surface area (TPSA) is 32.3 Å². The smallest absolute Gasteiger partial charge is 0.0620 e. The molecule has 0 saturated heterocycles. The van der Waals surface area contributed by atoms with Crippen molar-refractivity contribution in [2.24, 2.45) is 0 Å². The molecule has 2 heteroatoms. The minimum absolute atomic E-state index is 0.0593. The third kappa shape index (κ3) is 4.99. The third-order valence-corrected chi connectivity index (χ3v) is 3.54. The van der Waals surface area contributed by atoms with Crippen LogP contribution in [0.15, 0.2) is 79.4 Å². The van der Waals surface area contributed by atoms with Crippen LogP contribution in [0.1, 0.15) is 23.6 Å². The Morgan fingerprint density at radius 3 is 2.23 bits per heavy atom. The van der Waals surface area contributed by atoms with Crippen LogP contribution in [-0.2, 0) is 0 Å². The zero-order chi connectivity index (χ0) is 15.6. The SMILES string of the molecule is C=CC[C@H](N[C@H](C=Cc1ccccc1)CO)c1ccccc1. The quantitative estimate of drug-likeness (QED) is 0.722. The Morgan fingerprint density at radius 2 is 1.64 bits per heavy atom. The molecule has 0 spiro atoms. The number of nitrogens with one attached hydrogen (secondary N) is 1. The zero-order valence-corrected chi connectivity index (χ0v) is 12.7. The summed E-state index contributed by atoms with van der Waals surface area (Å²) in [5.41, 5.74) is 2.33. The molecule has 0 amide bonds. The third-order valence-electron chi connectivity index (χ3n) is 3.54. The highest BCUT2D eigenvalue weighted by Crippen LogP contribution is 2.18. The average molecular weight is 293 g/mol. The number of benzene rings is 2. The molecular formula is C20H23NO. The molecule has 0 unspecified atom stereocenters. The Morgan fingerprint density at radius 1 is 1.00 bits per heavy atom. The standard InChI is InChI=1S/C20H23NO/c1-2-9-20(18-12-7-4-8-13-18)21-19(16-22)15-14-17-10-5-3-6-11-17/h2-8,10-15,19-22H,1,9,16H2/t19-,20+/m1/s1. The molecule has 0 radical (unpaired) electrons. The van der Waals surface area contributed by atoms with Crippen molar-refractivity contribution >= 4 is 6.08 Å². The summed E-state index contributed by atoms with van der Waals surface area (Å²) in [6.45, 7) is 3.89. The highest BCUT2D eigenvalue weighted by atomic mass is 16.3. The fourth-order valence-corrected chi connectivity index (χ4v) is 2.37. The predicted octanol–water partition coefficient (Wildman–Crippen LogP) is 3.97. The monoisotopic (exact) mass is 293 g/mol. The number of aliphatic hydroxyl groups excluding tert-OH is 1. The van der Waals surface area contributed by atoms with Crippen molar-refractivity contribution in [1.82, 2.24) is 5.32 Å². The minimum atomic E-state index is -0.0923. The van der Waals surface area contributed by atoms with Gasteiger partial charge < -0.3 is 10.4 Å². The van der Waals surface area contributed by atoms with Crippen molar-refractivity contribution in [3.8, 4) is 0 Å². The highest BCUT2D eigenvalue weighted by molar-refractivity contribution is 5.49. The Kier molecular flexibility index (Phi) is 6.62. The lowest BCUT2D eigenvalue weighted by Crippen LogP contribution is -2.34. The van der Waals surface area contributed by atoms with E-state index in [9.17, 15) is 5.11 Å². The molecule has 0 aliphatic carbocycles. The van der Waals surface area contributed by atoms with Gasteiger partial charge in [-0.3, -0.25) is 0 Å². The number of rotatable bonds is 8. The summed E-state index contributed by atoms with van der Waals surface area (Å²) in [6, 6.07) is 20.4. The molecule has 2 atom stereocenters. The maximum Gasteiger partial charge on any atom is 0.0620 e. The van der Waals surface area contributed by atoms with Gasteiger partial charge in [0.1, 0.15) is 0 Å². The molecule has 22 heavy (non-hydrogen) atoms. The molecular weight excluding hydrogens is 270 g/mol. The van der Waals surface area contributed by atoms with Gasteiger partial charge in [-0.05, 0) is 17.5 Å². The van der Waals surface area contributed by atoms with E-state index in [1.807, 2.05) is 66.8 Å². The zero-order valence-electron chi connectivity index (χ0n) is 12.7. The molecule has 2 aromatic rings. The van der Waals surface area contributed by atoms with E-state index in [0.29, 0.717) is 0 Å². The van der Waals surface area contributed by atoms with E-state index in [1.54, 1.807) is 0 Å². The van der Waals surface area contributed by atoms with Gasteiger partial charge in [-0.25, -0.2) is 0 Å². The first kappa shape index (κ1) is 16.2. The number of hydrogen-bond donors (Lipinski definition) is 2. The summed E-state index contributed by atoms with van der Waals surface area (Å²) in [7, 11) is 0. The molecule has 0 heterocycles. The molecule has 0 aliphatic heterocycles. The van der Waals surface area contributed by atoms with E-state index in [0.717, 1.165) is 12.0 Å². The van der Waals surface area contributed by atoms with Crippen molar-refractivity contribution in [3.63, 3.8) is 0 Å². The Balaban J connectivity index is 2.06. The molecule has 2 N–H and O–H groups in total. The molecule has 2 aromatic carbocycles. The fourth-order valence-electron chi connectivity index (χ4n) is 2.37. The van der Waals surface area contributed by atoms with E-state index in [2.05, 4.69) is 24.0 Å². The maximum absolute atomic E-state index is 9.63. The Hall–Kier alpha value is -2.16. The van der Waals surface area contributed by atoms with E-state index in [1.165, 1.54) is 5.56 Å². The van der Waals surface area contributed by atoms with Crippen molar-refractivity contribution in [2.45, 2.75) is 18.5 Å². The summed E-state index contributed by atoms with van der Waals surface area (Å²) in [5.74, 6) is 0. The molecule has 2 rings (SSSR count). The summed E-state index contributed by atoms with van der Waals surface area (Å²) in [5, 5.41) is 13.1. The fraction of sp³-hybridized carbons (Fsp3) is 0.200. The van der Waals surface area contributed by atoms with Gasteiger partial charge in [0.15, 0.2) is 0 Å². The first-order valence-electron chi connectivity index (χ1n) is 7.59. The maximum atomic E-state index is 9.63. The summed E-state index contributed by atoms with van der Waals surface area (Å²) in [6.07, 6.45) is 6.76. The highest BCUT2D eigenvalue weighted by Gasteiger charge is 2.13. The lowest BCUT2D eigenvalue weighted by Gasteiger charge is -2.22. The predicted molar refractivity (Wildman–Crippen MR) is 93.5 cm³/mol. The van der Waals surface area contributed by atoms with Crippen molar-refractivity contribution in [1.29, 1.82) is 0 Å². The van der Waals surface area contributed by atoms with E-state index in [-0.39, 0.29) is 18.7 Å². The molecule has 0 bridgehead atoms. The van der Waals surface area contributed by atoms with Gasteiger partial charge in [-0.1, -0.05) is 78.9 Å². The first-order chi connectivity index (χ1) is 10.8. The molecule has 0 aliphatic rings. The van der Waals surface area contributed by atoms with Crippen LogP contribution in [0.5, 0.6) is 0 Å². The molecule has 114 valence electrons. The number of hydrogen-bond acceptors (Lipinski definition) is 2. The Labute approximate surface area is 132 Å². The average Bonchev–Trinajstić information content (AvgIpc) is 2.59. The molecule has 0 aromatic heterocycles. The van der Waals surface area contributed by atoms with Gasteiger partial charge in [0.2, 0.25) is 0 Å². The van der Waals surface area contributed by atoms with Gasteiger partial charge in [0.05, 0.1) is 6.61 Å². The van der Waals surface area contributed by atoms with Crippen LogP contribution in [-0.4, -0.2) is 17.8 Å². The van der Waals surface area contributed by atoms with Crippen molar-refractivity contribution < 1.29 is 5.11 Å². The summed E-state index contributed by atoms with van der Waals surface area (Å²) >= 11 is 0. The van der Waals surface area contributed by atoms with E-state index < -0.39 is 0 Å². The second-order valence-electron chi connectivity index (χ2n) is 5.21. The summed E-state index contributed by atoms with van der Waals surface area (Å²) < 4.78 is 0. The van der Waals surface area contributed by atoms with Crippen LogP contribution < -0.4 is 5.32 Å². The first-order valence-corrected chi connectivity index (χ1v) is 7.59. The van der Waals surface area contributed by atoms with Gasteiger partial charge in [-0.2, -0.15) is 0 Å².